The Balaban J connectivity index is 2.04. The number of amides is 1. The van der Waals surface area contributed by atoms with E-state index in [1.54, 1.807) is 18.2 Å². The van der Waals surface area contributed by atoms with Gasteiger partial charge in [-0.1, -0.05) is 23.2 Å². The monoisotopic (exact) mass is 351 g/mol. The lowest BCUT2D eigenvalue weighted by Gasteiger charge is -2.11. The summed E-state index contributed by atoms with van der Waals surface area (Å²) in [5.41, 5.74) is 1.42. The van der Waals surface area contributed by atoms with Gasteiger partial charge >= 0.3 is 5.97 Å². The predicted octanol–water partition coefficient (Wildman–Crippen LogP) is 3.59. The number of anilines is 1. The molecule has 0 aromatic heterocycles. The van der Waals surface area contributed by atoms with Crippen molar-refractivity contribution in [2.45, 2.75) is 6.92 Å². The van der Waals surface area contributed by atoms with Crippen LogP contribution in [0.2, 0.25) is 5.02 Å². The summed E-state index contributed by atoms with van der Waals surface area (Å²) >= 11 is 5.64. The topological polar surface area (TPSA) is 64.6 Å². The van der Waals surface area contributed by atoms with Gasteiger partial charge in [0.2, 0.25) is 0 Å². The number of carbonyl (C=O) groups excluding carboxylic acids is 2. The third-order valence-corrected chi connectivity index (χ3v) is 3.41. The van der Waals surface area contributed by atoms with Crippen molar-refractivity contribution in [2.24, 2.45) is 0 Å². The number of benzene rings is 2. The van der Waals surface area contributed by atoms with Crippen LogP contribution in [0.4, 0.5) is 10.1 Å². The summed E-state index contributed by atoms with van der Waals surface area (Å²) in [6, 6.07) is 8.75. The Kier molecular flexibility index (Phi) is 5.76. The molecule has 0 unspecified atom stereocenters. The standard InChI is InChI=1S/C17H15ClFNO4/c1-10-3-6-15(12(7-10)17(22)23-2)20-16(21)9-24-11-4-5-14(19)13(18)8-11/h3-8H,9H2,1-2H3,(H,20,21). The van der Waals surface area contributed by atoms with Gasteiger partial charge in [-0.05, 0) is 31.2 Å². The van der Waals surface area contributed by atoms with Gasteiger partial charge in [-0.15, -0.1) is 0 Å². The maximum Gasteiger partial charge on any atom is 0.339 e. The smallest absolute Gasteiger partial charge is 0.339 e. The van der Waals surface area contributed by atoms with Crippen molar-refractivity contribution in [2.75, 3.05) is 19.0 Å². The van der Waals surface area contributed by atoms with Crippen molar-refractivity contribution in [3.8, 4) is 5.75 Å². The highest BCUT2D eigenvalue weighted by Gasteiger charge is 2.14. The van der Waals surface area contributed by atoms with Crippen LogP contribution in [0.15, 0.2) is 36.4 Å². The second-order valence-electron chi connectivity index (χ2n) is 4.95. The third kappa shape index (κ3) is 4.45. The number of hydrogen-bond donors (Lipinski definition) is 1. The van der Waals surface area contributed by atoms with E-state index in [1.165, 1.54) is 19.2 Å². The molecule has 7 heteroatoms. The van der Waals surface area contributed by atoms with Crippen LogP contribution in [-0.4, -0.2) is 25.6 Å². The molecule has 24 heavy (non-hydrogen) atoms. The average Bonchev–Trinajstić information content (AvgIpc) is 2.56. The van der Waals surface area contributed by atoms with Crippen molar-refractivity contribution in [1.82, 2.24) is 0 Å². The van der Waals surface area contributed by atoms with Gasteiger partial charge in [0.05, 0.1) is 23.4 Å². The van der Waals surface area contributed by atoms with E-state index in [0.29, 0.717) is 5.69 Å². The quantitative estimate of drug-likeness (QED) is 0.836. The zero-order valence-corrected chi connectivity index (χ0v) is 13.8. The zero-order valence-electron chi connectivity index (χ0n) is 13.1. The summed E-state index contributed by atoms with van der Waals surface area (Å²) < 4.78 is 23.0. The third-order valence-electron chi connectivity index (χ3n) is 3.12. The number of halogens is 2. The molecule has 0 heterocycles. The molecule has 5 nitrogen and oxygen atoms in total. The number of ether oxygens (including phenoxy) is 2. The SMILES string of the molecule is COC(=O)c1cc(C)ccc1NC(=O)COc1ccc(F)c(Cl)c1. The first-order valence-electron chi connectivity index (χ1n) is 6.97. The van der Waals surface area contributed by atoms with Gasteiger partial charge < -0.3 is 14.8 Å². The molecule has 0 spiro atoms. The first kappa shape index (κ1) is 17.7. The minimum atomic E-state index is -0.573. The summed E-state index contributed by atoms with van der Waals surface area (Å²) in [4.78, 5) is 23.8. The molecule has 0 atom stereocenters. The van der Waals surface area contributed by atoms with Crippen molar-refractivity contribution in [3.63, 3.8) is 0 Å². The normalized spacial score (nSPS) is 10.2. The molecular weight excluding hydrogens is 337 g/mol. The van der Waals surface area contributed by atoms with E-state index in [-0.39, 0.29) is 22.9 Å². The largest absolute Gasteiger partial charge is 0.484 e. The van der Waals surface area contributed by atoms with E-state index in [9.17, 15) is 14.0 Å². The van der Waals surface area contributed by atoms with Crippen LogP contribution in [-0.2, 0) is 9.53 Å². The highest BCUT2D eigenvalue weighted by atomic mass is 35.5. The molecule has 1 amide bonds. The van der Waals surface area contributed by atoms with Crippen molar-refractivity contribution >= 4 is 29.2 Å². The lowest BCUT2D eigenvalue weighted by Crippen LogP contribution is -2.22. The summed E-state index contributed by atoms with van der Waals surface area (Å²) in [6.45, 7) is 1.50. The van der Waals surface area contributed by atoms with E-state index >= 15 is 0 Å². The first-order valence-corrected chi connectivity index (χ1v) is 7.35. The Morgan fingerprint density at radius 1 is 1.21 bits per heavy atom. The molecule has 2 aromatic carbocycles. The molecule has 1 N–H and O–H groups in total. The van der Waals surface area contributed by atoms with E-state index < -0.39 is 17.7 Å². The number of rotatable bonds is 5. The lowest BCUT2D eigenvalue weighted by atomic mass is 10.1. The molecular formula is C17H15ClFNO4. The molecule has 0 saturated carbocycles. The van der Waals surface area contributed by atoms with Gasteiger partial charge in [0, 0.05) is 6.07 Å². The van der Waals surface area contributed by atoms with Gasteiger partial charge in [-0.2, -0.15) is 0 Å². The number of methoxy groups -OCH3 is 1. The van der Waals surface area contributed by atoms with Gasteiger partial charge in [-0.3, -0.25) is 4.79 Å². The Bertz CT molecular complexity index is 779. The Morgan fingerprint density at radius 3 is 2.62 bits per heavy atom. The molecule has 0 radical (unpaired) electrons. The van der Waals surface area contributed by atoms with Gasteiger partial charge in [0.25, 0.3) is 5.91 Å². The number of carbonyl (C=O) groups is 2. The fourth-order valence-electron chi connectivity index (χ4n) is 1.95. The van der Waals surface area contributed by atoms with Crippen LogP contribution < -0.4 is 10.1 Å². The molecule has 0 fully saturated rings. The van der Waals surface area contributed by atoms with Crippen LogP contribution in [0.3, 0.4) is 0 Å². The summed E-state index contributed by atoms with van der Waals surface area (Å²) in [7, 11) is 1.26. The van der Waals surface area contributed by atoms with Crippen LogP contribution in [0.5, 0.6) is 5.75 Å². The molecule has 0 saturated heterocycles. The maximum absolute atomic E-state index is 13.1. The van der Waals surface area contributed by atoms with Crippen LogP contribution in [0, 0.1) is 12.7 Å². The summed E-state index contributed by atoms with van der Waals surface area (Å²) in [5, 5.41) is 2.48. The van der Waals surface area contributed by atoms with Gasteiger partial charge in [-0.25, -0.2) is 9.18 Å². The minimum Gasteiger partial charge on any atom is -0.484 e. The molecule has 0 bridgehead atoms. The van der Waals surface area contributed by atoms with Crippen molar-refractivity contribution in [3.05, 3.63) is 58.4 Å². The summed E-state index contributed by atoms with van der Waals surface area (Å²) in [6.07, 6.45) is 0. The lowest BCUT2D eigenvalue weighted by molar-refractivity contribution is -0.118. The van der Waals surface area contributed by atoms with Crippen molar-refractivity contribution < 1.29 is 23.5 Å². The Hall–Kier alpha value is -2.60. The van der Waals surface area contributed by atoms with E-state index in [4.69, 9.17) is 21.1 Å². The number of aryl methyl sites for hydroxylation is 1. The summed E-state index contributed by atoms with van der Waals surface area (Å²) in [5.74, 6) is -1.35. The van der Waals surface area contributed by atoms with Crippen molar-refractivity contribution in [1.29, 1.82) is 0 Å². The van der Waals surface area contributed by atoms with Crippen LogP contribution in [0.1, 0.15) is 15.9 Å². The van der Waals surface area contributed by atoms with Gasteiger partial charge in [0.1, 0.15) is 11.6 Å². The predicted molar refractivity (Wildman–Crippen MR) is 88.1 cm³/mol. The second kappa shape index (κ2) is 7.79. The number of hydrogen-bond acceptors (Lipinski definition) is 4. The maximum atomic E-state index is 13.1. The minimum absolute atomic E-state index is 0.0978. The fourth-order valence-corrected chi connectivity index (χ4v) is 2.12. The van der Waals surface area contributed by atoms with E-state index in [2.05, 4.69) is 5.32 Å². The van der Waals surface area contributed by atoms with Gasteiger partial charge in [0.15, 0.2) is 6.61 Å². The first-order chi connectivity index (χ1) is 11.4. The highest BCUT2D eigenvalue weighted by molar-refractivity contribution is 6.30. The van der Waals surface area contributed by atoms with E-state index in [0.717, 1.165) is 11.6 Å². The molecule has 0 aliphatic heterocycles. The zero-order chi connectivity index (χ0) is 17.7. The van der Waals surface area contributed by atoms with Crippen LogP contribution in [0.25, 0.3) is 0 Å². The fraction of sp³-hybridized carbons (Fsp3) is 0.176. The Morgan fingerprint density at radius 2 is 1.96 bits per heavy atom. The Labute approximate surface area is 143 Å². The average molecular weight is 352 g/mol. The molecule has 0 aliphatic carbocycles. The van der Waals surface area contributed by atoms with E-state index in [1.807, 2.05) is 6.92 Å². The van der Waals surface area contributed by atoms with Crippen LogP contribution >= 0.6 is 11.6 Å². The number of nitrogens with one attached hydrogen (secondary N) is 1. The molecule has 2 rings (SSSR count). The highest BCUT2D eigenvalue weighted by Crippen LogP contribution is 2.21. The number of esters is 1. The molecule has 2 aromatic rings. The molecule has 0 aliphatic rings. The second-order valence-corrected chi connectivity index (χ2v) is 5.36. The molecule has 126 valence electrons.